The molecule has 3 aromatic rings. The Morgan fingerprint density at radius 1 is 1.25 bits per heavy atom. The van der Waals surface area contributed by atoms with Crippen molar-refractivity contribution in [2.24, 2.45) is 5.92 Å². The van der Waals surface area contributed by atoms with Crippen LogP contribution >= 0.6 is 0 Å². The van der Waals surface area contributed by atoms with Gasteiger partial charge in [-0.15, -0.1) is 0 Å². The average Bonchev–Trinajstić information content (AvgIpc) is 3.47. The molecule has 1 aliphatic carbocycles. The number of phenols is 1. The molecule has 4 unspecified atom stereocenters. The molecule has 0 radical (unpaired) electrons. The maximum Gasteiger partial charge on any atom is 0.306 e. The minimum Gasteiger partial charge on any atom is -0.508 e. The topological polar surface area (TPSA) is 122 Å². The van der Waals surface area contributed by atoms with Crippen LogP contribution in [0, 0.1) is 12.8 Å². The van der Waals surface area contributed by atoms with Crippen molar-refractivity contribution in [1.29, 1.82) is 0 Å². The summed E-state index contributed by atoms with van der Waals surface area (Å²) in [5.74, 6) is 0.238. The predicted molar refractivity (Wildman–Crippen MR) is 139 cm³/mol. The van der Waals surface area contributed by atoms with Crippen LogP contribution in [0.3, 0.4) is 0 Å². The number of hydrogen-bond donors (Lipinski definition) is 3. The number of nitrogens with zero attached hydrogens (tertiary/aromatic N) is 4. The van der Waals surface area contributed by atoms with Crippen molar-refractivity contribution in [2.75, 3.05) is 7.05 Å². The molecule has 0 spiro atoms. The van der Waals surface area contributed by atoms with Gasteiger partial charge in [0.1, 0.15) is 18.4 Å². The highest BCUT2D eigenvalue weighted by Crippen LogP contribution is 2.39. The third-order valence-corrected chi connectivity index (χ3v) is 7.33. The first kappa shape index (κ1) is 27.4. The third kappa shape index (κ3) is 5.95. The molecule has 9 heteroatoms. The van der Waals surface area contributed by atoms with E-state index in [-0.39, 0.29) is 23.6 Å². The van der Waals surface area contributed by atoms with E-state index in [2.05, 4.69) is 28.8 Å². The zero-order chi connectivity index (χ0) is 26.4. The molecule has 9 nitrogen and oxygen atoms in total. The molecule has 196 valence electrons. The van der Waals surface area contributed by atoms with Crippen molar-refractivity contribution in [1.82, 2.24) is 24.6 Å². The Hall–Kier alpha value is -3.20. The van der Waals surface area contributed by atoms with Crippen LogP contribution in [-0.2, 0) is 22.6 Å². The highest BCUT2D eigenvalue weighted by molar-refractivity contribution is 5.82. The summed E-state index contributed by atoms with van der Waals surface area (Å²) in [5.41, 5.74) is 3.66. The molecule has 1 aliphatic rings. The number of aryl methyl sites for hydroxylation is 2. The first-order chi connectivity index (χ1) is 17.3. The zero-order valence-electron chi connectivity index (χ0n) is 21.8. The molecular formula is C27H39N5O4. The van der Waals surface area contributed by atoms with E-state index in [1.807, 2.05) is 43.8 Å². The number of rotatable bonds is 9. The van der Waals surface area contributed by atoms with Crippen molar-refractivity contribution < 1.29 is 19.8 Å². The van der Waals surface area contributed by atoms with Gasteiger partial charge in [-0.2, -0.15) is 5.10 Å². The maximum atomic E-state index is 11.8. The van der Waals surface area contributed by atoms with E-state index in [0.717, 1.165) is 60.2 Å². The number of aromatic nitrogens is 4. The summed E-state index contributed by atoms with van der Waals surface area (Å²) in [6, 6.07) is 6.11. The van der Waals surface area contributed by atoms with Gasteiger partial charge in [-0.25, -0.2) is 4.98 Å². The molecule has 0 amide bonds. The van der Waals surface area contributed by atoms with Crippen LogP contribution in [0.5, 0.6) is 5.75 Å². The number of carbonyl (C=O) groups is 2. The summed E-state index contributed by atoms with van der Waals surface area (Å²) in [6.07, 6.45) is 6.74. The fourth-order valence-corrected chi connectivity index (χ4v) is 5.26. The zero-order valence-corrected chi connectivity index (χ0v) is 21.8. The van der Waals surface area contributed by atoms with E-state index in [1.54, 1.807) is 6.07 Å². The number of fused-ring (bicyclic) bond motifs is 1. The Kier molecular flexibility index (Phi) is 9.25. The highest BCUT2D eigenvalue weighted by atomic mass is 16.4. The van der Waals surface area contributed by atoms with E-state index in [0.29, 0.717) is 19.0 Å². The fourth-order valence-electron chi connectivity index (χ4n) is 5.26. The quantitative estimate of drug-likeness (QED) is 0.404. The molecular weight excluding hydrogens is 458 g/mol. The second kappa shape index (κ2) is 12.2. The van der Waals surface area contributed by atoms with Gasteiger partial charge in [0.25, 0.3) is 0 Å². The van der Waals surface area contributed by atoms with E-state index in [1.165, 1.54) is 0 Å². The minimum absolute atomic E-state index is 0.0723. The Morgan fingerprint density at radius 3 is 2.64 bits per heavy atom. The van der Waals surface area contributed by atoms with Crippen LogP contribution in [0.15, 0.2) is 24.4 Å². The fraction of sp³-hybridized carbons (Fsp3) is 0.556. The number of carboxylic acid groups (broad SMARTS) is 1. The maximum absolute atomic E-state index is 11.8. The molecule has 36 heavy (non-hydrogen) atoms. The second-order valence-electron chi connectivity index (χ2n) is 9.94. The minimum atomic E-state index is -0.713. The van der Waals surface area contributed by atoms with Gasteiger partial charge >= 0.3 is 5.97 Å². The Balaban J connectivity index is 0.00000176. The molecule has 0 bridgehead atoms. The molecule has 0 aliphatic heterocycles. The number of aromatic hydroxyl groups is 1. The van der Waals surface area contributed by atoms with Crippen LogP contribution < -0.4 is 5.32 Å². The Morgan fingerprint density at radius 2 is 2.00 bits per heavy atom. The lowest BCUT2D eigenvalue weighted by Crippen LogP contribution is -2.26. The lowest BCUT2D eigenvalue weighted by Gasteiger charge is -2.30. The second-order valence-corrected chi connectivity index (χ2v) is 9.94. The van der Waals surface area contributed by atoms with E-state index < -0.39 is 5.97 Å². The van der Waals surface area contributed by atoms with Crippen LogP contribution in [0.4, 0.5) is 0 Å². The smallest absolute Gasteiger partial charge is 0.306 e. The molecule has 4 rings (SSSR count). The number of aliphatic carboxylic acids is 1. The van der Waals surface area contributed by atoms with Gasteiger partial charge in [-0.1, -0.05) is 13.3 Å². The summed E-state index contributed by atoms with van der Waals surface area (Å²) in [5, 5.41) is 28.2. The molecule has 1 aromatic carbocycles. The molecule has 4 atom stereocenters. The number of imidazole rings is 1. The van der Waals surface area contributed by atoms with Crippen molar-refractivity contribution in [3.8, 4) is 5.75 Å². The first-order valence-electron chi connectivity index (χ1n) is 12.7. The van der Waals surface area contributed by atoms with Gasteiger partial charge in [0.2, 0.25) is 0 Å². The summed E-state index contributed by atoms with van der Waals surface area (Å²) in [6.45, 7) is 8.94. The molecule has 0 saturated heterocycles. The van der Waals surface area contributed by atoms with Crippen LogP contribution in [0.1, 0.15) is 75.0 Å². The Labute approximate surface area is 212 Å². The monoisotopic (exact) mass is 497 g/mol. The Bertz CT molecular complexity index is 1170. The van der Waals surface area contributed by atoms with Crippen molar-refractivity contribution in [3.63, 3.8) is 0 Å². The van der Waals surface area contributed by atoms with Crippen LogP contribution in [0.2, 0.25) is 0 Å². The standard InChI is InChI=1S/C26H37N5O3.CH2O/c1-16(15-30-13-12-18(3)29-30)25-28-24-21(9-8-17(2)27-4)23(32)11-10-22(24)31(25)20-7-5-6-19(14-20)26(33)34;1-2/h10-13,16-17,19-20,27,32H,5-9,14-15H2,1-4H3,(H,33,34);1H2. The number of hydrogen-bond acceptors (Lipinski definition) is 6. The van der Waals surface area contributed by atoms with Gasteiger partial charge in [0.15, 0.2) is 0 Å². The van der Waals surface area contributed by atoms with Gasteiger partial charge in [-0.05, 0) is 71.2 Å². The van der Waals surface area contributed by atoms with E-state index in [9.17, 15) is 15.0 Å². The summed E-state index contributed by atoms with van der Waals surface area (Å²) in [7, 11) is 1.94. The van der Waals surface area contributed by atoms with Crippen molar-refractivity contribution in [3.05, 3.63) is 41.5 Å². The van der Waals surface area contributed by atoms with E-state index in [4.69, 9.17) is 9.78 Å². The van der Waals surface area contributed by atoms with Crippen LogP contribution in [0.25, 0.3) is 11.0 Å². The van der Waals surface area contributed by atoms with Gasteiger partial charge in [-0.3, -0.25) is 9.48 Å². The number of carbonyl (C=O) groups excluding carboxylic acids is 1. The summed E-state index contributed by atoms with van der Waals surface area (Å²) in [4.78, 5) is 24.9. The highest BCUT2D eigenvalue weighted by Gasteiger charge is 2.32. The molecule has 3 N–H and O–H groups in total. The largest absolute Gasteiger partial charge is 0.508 e. The summed E-state index contributed by atoms with van der Waals surface area (Å²) < 4.78 is 4.22. The lowest BCUT2D eigenvalue weighted by molar-refractivity contribution is -0.143. The van der Waals surface area contributed by atoms with Crippen LogP contribution in [-0.4, -0.2) is 55.4 Å². The normalized spacial score (nSPS) is 19.4. The number of phenolic OH excluding ortho intramolecular Hbond substituents is 1. The first-order valence-corrected chi connectivity index (χ1v) is 12.7. The average molecular weight is 498 g/mol. The number of benzene rings is 1. The molecule has 2 heterocycles. The molecule has 1 saturated carbocycles. The lowest BCUT2D eigenvalue weighted by atomic mass is 9.85. The van der Waals surface area contributed by atoms with Gasteiger partial charge in [0.05, 0.1) is 29.2 Å². The molecule has 1 fully saturated rings. The summed E-state index contributed by atoms with van der Waals surface area (Å²) >= 11 is 0. The van der Waals surface area contributed by atoms with Crippen molar-refractivity contribution >= 4 is 23.8 Å². The van der Waals surface area contributed by atoms with Gasteiger partial charge in [0, 0.05) is 29.8 Å². The molecule has 2 aromatic heterocycles. The SMILES string of the molecule is C=O.CNC(C)CCc1c(O)ccc2c1nc(C(C)Cn1ccc(C)n1)n2C1CCCC(C(=O)O)C1. The third-order valence-electron chi connectivity index (χ3n) is 7.33. The number of carboxylic acids is 1. The predicted octanol–water partition coefficient (Wildman–Crippen LogP) is 4.22. The van der Waals surface area contributed by atoms with Crippen molar-refractivity contribution in [2.45, 2.75) is 83.8 Å². The van der Waals surface area contributed by atoms with E-state index >= 15 is 0 Å². The van der Waals surface area contributed by atoms with Gasteiger partial charge < -0.3 is 24.9 Å². The number of nitrogens with one attached hydrogen (secondary N) is 1.